The minimum Gasteiger partial charge on any atom is -0.356 e. The zero-order valence-electron chi connectivity index (χ0n) is 20.8. The highest BCUT2D eigenvalue weighted by atomic mass is 16.2. The second-order valence-corrected chi connectivity index (χ2v) is 8.93. The number of rotatable bonds is 11. The SMILES string of the molecule is CCC(=O)NCCCC[C@H](NC(=O)Cc1ccccc1)C(=O)N1CCN(c2cccc(C)n2)CC1. The van der Waals surface area contributed by atoms with Crippen molar-refractivity contribution in [2.24, 2.45) is 0 Å². The monoisotopic (exact) mass is 479 g/mol. The van der Waals surface area contributed by atoms with Crippen molar-refractivity contribution in [3.8, 4) is 0 Å². The Balaban J connectivity index is 1.56. The number of benzene rings is 1. The summed E-state index contributed by atoms with van der Waals surface area (Å²) in [6.07, 6.45) is 2.74. The lowest BCUT2D eigenvalue weighted by atomic mass is 10.1. The number of amides is 3. The number of hydrogen-bond acceptors (Lipinski definition) is 5. The molecule has 0 aliphatic carbocycles. The third kappa shape index (κ3) is 8.38. The second-order valence-electron chi connectivity index (χ2n) is 8.93. The van der Waals surface area contributed by atoms with Gasteiger partial charge in [-0.15, -0.1) is 0 Å². The molecule has 0 saturated carbocycles. The van der Waals surface area contributed by atoms with E-state index < -0.39 is 6.04 Å². The Kier molecular flexibility index (Phi) is 10.1. The number of unbranched alkanes of at least 4 members (excludes halogenated alkanes) is 1. The average molecular weight is 480 g/mol. The Morgan fingerprint density at radius 1 is 0.943 bits per heavy atom. The van der Waals surface area contributed by atoms with Gasteiger partial charge in [0.15, 0.2) is 0 Å². The maximum absolute atomic E-state index is 13.4. The summed E-state index contributed by atoms with van der Waals surface area (Å²) >= 11 is 0. The summed E-state index contributed by atoms with van der Waals surface area (Å²) in [6.45, 7) is 6.96. The molecule has 0 spiro atoms. The number of hydrogen-bond donors (Lipinski definition) is 2. The number of nitrogens with one attached hydrogen (secondary N) is 2. The van der Waals surface area contributed by atoms with E-state index in [1.165, 1.54) is 0 Å². The van der Waals surface area contributed by atoms with E-state index in [0.717, 1.165) is 29.9 Å². The van der Waals surface area contributed by atoms with Crippen molar-refractivity contribution in [2.45, 2.75) is 52.0 Å². The van der Waals surface area contributed by atoms with Crippen LogP contribution in [0.2, 0.25) is 0 Å². The van der Waals surface area contributed by atoms with Crippen LogP contribution in [0.1, 0.15) is 43.9 Å². The van der Waals surface area contributed by atoms with Gasteiger partial charge in [-0.2, -0.15) is 0 Å². The Morgan fingerprint density at radius 3 is 2.37 bits per heavy atom. The topological polar surface area (TPSA) is 94.6 Å². The molecule has 8 heteroatoms. The van der Waals surface area contributed by atoms with Crippen LogP contribution < -0.4 is 15.5 Å². The number of nitrogens with zero attached hydrogens (tertiary/aromatic N) is 3. The van der Waals surface area contributed by atoms with Crippen LogP contribution in [-0.4, -0.2) is 66.4 Å². The molecule has 0 bridgehead atoms. The molecule has 1 aromatic carbocycles. The lowest BCUT2D eigenvalue weighted by Gasteiger charge is -2.37. The van der Waals surface area contributed by atoms with Gasteiger partial charge in [0.25, 0.3) is 0 Å². The molecule has 2 heterocycles. The van der Waals surface area contributed by atoms with E-state index in [9.17, 15) is 14.4 Å². The van der Waals surface area contributed by atoms with Crippen LogP contribution in [-0.2, 0) is 20.8 Å². The first kappa shape index (κ1) is 26.2. The summed E-state index contributed by atoms with van der Waals surface area (Å²) < 4.78 is 0. The lowest BCUT2D eigenvalue weighted by molar-refractivity contribution is -0.136. The molecule has 1 fully saturated rings. The fourth-order valence-electron chi connectivity index (χ4n) is 4.19. The highest BCUT2D eigenvalue weighted by Gasteiger charge is 2.28. The molecule has 1 aliphatic heterocycles. The van der Waals surface area contributed by atoms with Gasteiger partial charge in [-0.1, -0.05) is 43.3 Å². The third-order valence-electron chi connectivity index (χ3n) is 6.19. The van der Waals surface area contributed by atoms with Gasteiger partial charge < -0.3 is 20.4 Å². The first-order valence-corrected chi connectivity index (χ1v) is 12.5. The molecule has 3 amide bonds. The van der Waals surface area contributed by atoms with E-state index in [4.69, 9.17) is 0 Å². The molecule has 35 heavy (non-hydrogen) atoms. The van der Waals surface area contributed by atoms with Gasteiger partial charge in [-0.05, 0) is 43.9 Å². The number of aryl methyl sites for hydroxylation is 1. The molecule has 188 valence electrons. The summed E-state index contributed by atoms with van der Waals surface area (Å²) in [4.78, 5) is 46.2. The quantitative estimate of drug-likeness (QED) is 0.483. The molecule has 8 nitrogen and oxygen atoms in total. The highest BCUT2D eigenvalue weighted by molar-refractivity contribution is 5.88. The molecular formula is C27H37N5O3. The van der Waals surface area contributed by atoms with Crippen LogP contribution in [0.15, 0.2) is 48.5 Å². The van der Waals surface area contributed by atoms with E-state index in [-0.39, 0.29) is 24.1 Å². The van der Waals surface area contributed by atoms with Crippen LogP contribution in [0.3, 0.4) is 0 Å². The minimum absolute atomic E-state index is 0.0229. The lowest BCUT2D eigenvalue weighted by Crippen LogP contribution is -2.55. The Morgan fingerprint density at radius 2 is 1.69 bits per heavy atom. The van der Waals surface area contributed by atoms with Crippen LogP contribution in [0.4, 0.5) is 5.82 Å². The van der Waals surface area contributed by atoms with E-state index in [0.29, 0.717) is 45.6 Å². The second kappa shape index (κ2) is 13.5. The number of carbonyl (C=O) groups is 3. The van der Waals surface area contributed by atoms with Crippen LogP contribution in [0.5, 0.6) is 0 Å². The standard InChI is InChI=1S/C27H37N5O3/c1-3-25(33)28-15-8-7-13-23(30-26(34)20-22-11-5-4-6-12-22)27(35)32-18-16-31(17-19-32)24-14-9-10-21(2)29-24/h4-6,9-12,14,23H,3,7-8,13,15-20H2,1-2H3,(H,28,33)(H,30,34)/t23-/m0/s1. The molecule has 1 atom stereocenters. The molecule has 0 radical (unpaired) electrons. The maximum atomic E-state index is 13.4. The fourth-order valence-corrected chi connectivity index (χ4v) is 4.19. The summed E-state index contributed by atoms with van der Waals surface area (Å²) in [6, 6.07) is 14.9. The van der Waals surface area contributed by atoms with E-state index in [2.05, 4.69) is 20.5 Å². The maximum Gasteiger partial charge on any atom is 0.245 e. The number of piperazine rings is 1. The number of aromatic nitrogens is 1. The van der Waals surface area contributed by atoms with Crippen molar-refractivity contribution in [1.82, 2.24) is 20.5 Å². The van der Waals surface area contributed by atoms with Crippen LogP contribution in [0, 0.1) is 6.92 Å². The van der Waals surface area contributed by atoms with E-state index in [1.54, 1.807) is 0 Å². The van der Waals surface area contributed by atoms with Gasteiger partial charge >= 0.3 is 0 Å². The molecule has 0 unspecified atom stereocenters. The predicted octanol–water partition coefficient (Wildman–Crippen LogP) is 2.46. The van der Waals surface area contributed by atoms with Crippen molar-refractivity contribution in [1.29, 1.82) is 0 Å². The van der Waals surface area contributed by atoms with Crippen LogP contribution >= 0.6 is 0 Å². The predicted molar refractivity (Wildman–Crippen MR) is 137 cm³/mol. The van der Waals surface area contributed by atoms with Crippen molar-refractivity contribution >= 4 is 23.5 Å². The first-order chi connectivity index (χ1) is 17.0. The molecule has 2 N–H and O–H groups in total. The Labute approximate surface area is 208 Å². The molecule has 1 aromatic heterocycles. The smallest absolute Gasteiger partial charge is 0.245 e. The van der Waals surface area contributed by atoms with Gasteiger partial charge in [0.1, 0.15) is 11.9 Å². The summed E-state index contributed by atoms with van der Waals surface area (Å²) in [5, 5.41) is 5.84. The summed E-state index contributed by atoms with van der Waals surface area (Å²) in [5.41, 5.74) is 1.88. The van der Waals surface area contributed by atoms with Crippen molar-refractivity contribution in [3.05, 3.63) is 59.8 Å². The van der Waals surface area contributed by atoms with Crippen molar-refractivity contribution < 1.29 is 14.4 Å². The molecule has 1 aliphatic rings. The third-order valence-corrected chi connectivity index (χ3v) is 6.19. The highest BCUT2D eigenvalue weighted by Crippen LogP contribution is 2.15. The van der Waals surface area contributed by atoms with Crippen molar-refractivity contribution in [2.75, 3.05) is 37.6 Å². The Bertz CT molecular complexity index is 974. The van der Waals surface area contributed by atoms with Crippen LogP contribution in [0.25, 0.3) is 0 Å². The number of carbonyl (C=O) groups excluding carboxylic acids is 3. The van der Waals surface area contributed by atoms with Crippen molar-refractivity contribution in [3.63, 3.8) is 0 Å². The summed E-state index contributed by atoms with van der Waals surface area (Å²) in [5.74, 6) is 0.756. The largest absolute Gasteiger partial charge is 0.356 e. The zero-order chi connectivity index (χ0) is 25.0. The average Bonchev–Trinajstić information content (AvgIpc) is 2.88. The molecular weight excluding hydrogens is 442 g/mol. The minimum atomic E-state index is -0.572. The number of pyridine rings is 1. The van der Waals surface area contributed by atoms with Gasteiger partial charge in [0, 0.05) is 44.8 Å². The van der Waals surface area contributed by atoms with Gasteiger partial charge in [-0.25, -0.2) is 4.98 Å². The molecule has 2 aromatic rings. The fraction of sp³-hybridized carbons (Fsp3) is 0.481. The van der Waals surface area contributed by atoms with E-state index >= 15 is 0 Å². The molecule has 1 saturated heterocycles. The van der Waals surface area contributed by atoms with Gasteiger partial charge in [0.05, 0.1) is 6.42 Å². The van der Waals surface area contributed by atoms with Gasteiger partial charge in [0.2, 0.25) is 17.7 Å². The Hall–Kier alpha value is -3.42. The van der Waals surface area contributed by atoms with Gasteiger partial charge in [-0.3, -0.25) is 14.4 Å². The summed E-state index contributed by atoms with van der Waals surface area (Å²) in [7, 11) is 0. The normalized spacial score (nSPS) is 14.3. The first-order valence-electron chi connectivity index (χ1n) is 12.5. The van der Waals surface area contributed by atoms with E-state index in [1.807, 2.05) is 67.3 Å². The zero-order valence-corrected chi connectivity index (χ0v) is 20.8. The number of anilines is 1. The molecule has 3 rings (SSSR count).